The predicted octanol–water partition coefficient (Wildman–Crippen LogP) is 1.35. The molecule has 1 aromatic heterocycles. The Labute approximate surface area is 119 Å². The number of H-pyrrole nitrogens is 1. The Morgan fingerprint density at radius 1 is 1.42 bits per heavy atom. The van der Waals surface area contributed by atoms with Crippen molar-refractivity contribution in [2.45, 2.75) is 25.7 Å². The van der Waals surface area contributed by atoms with Gasteiger partial charge < -0.3 is 15.2 Å². The minimum absolute atomic E-state index is 0.160. The van der Waals surface area contributed by atoms with E-state index in [0.717, 1.165) is 25.9 Å². The third-order valence-electron chi connectivity index (χ3n) is 3.14. The molecule has 0 unspecified atom stereocenters. The van der Waals surface area contributed by atoms with E-state index in [9.17, 15) is 9.59 Å². The number of carbonyl (C=O) groups excluding carboxylic acids is 1. The van der Waals surface area contributed by atoms with Gasteiger partial charge in [-0.2, -0.15) is 0 Å². The Morgan fingerprint density at radius 3 is 2.89 bits per heavy atom. The van der Waals surface area contributed by atoms with Crippen molar-refractivity contribution in [3.8, 4) is 0 Å². The van der Waals surface area contributed by atoms with Gasteiger partial charge in [0.15, 0.2) is 0 Å². The number of hydrogen-bond donors (Lipinski definition) is 2. The molecule has 1 aliphatic rings. The number of rotatable bonds is 4. The molecule has 0 spiro atoms. The molecule has 1 amide bonds. The Morgan fingerprint density at radius 2 is 2.16 bits per heavy atom. The number of nitrogens with zero attached hydrogens (tertiary/aromatic N) is 2. The van der Waals surface area contributed by atoms with Gasteiger partial charge in [-0.25, -0.2) is 4.98 Å². The van der Waals surface area contributed by atoms with Crippen LogP contribution in [0.5, 0.6) is 0 Å². The van der Waals surface area contributed by atoms with E-state index >= 15 is 0 Å². The van der Waals surface area contributed by atoms with E-state index in [1.54, 1.807) is 0 Å². The number of aromatic amines is 1. The number of amides is 1. The van der Waals surface area contributed by atoms with E-state index in [1.807, 2.05) is 4.90 Å². The van der Waals surface area contributed by atoms with E-state index in [0.29, 0.717) is 23.3 Å². The number of nitrogens with one attached hydrogen (secondary N) is 2. The molecule has 1 aromatic rings. The fourth-order valence-electron chi connectivity index (χ4n) is 2.10. The lowest BCUT2D eigenvalue weighted by molar-refractivity contribution is -0.131. The summed E-state index contributed by atoms with van der Waals surface area (Å²) >= 11 is 3.16. The molecule has 0 aliphatic carbocycles. The lowest BCUT2D eigenvalue weighted by Gasteiger charge is -2.26. The number of anilines is 1. The van der Waals surface area contributed by atoms with Crippen molar-refractivity contribution < 1.29 is 4.79 Å². The summed E-state index contributed by atoms with van der Waals surface area (Å²) in [6.45, 7) is 2.21. The van der Waals surface area contributed by atoms with Gasteiger partial charge in [-0.1, -0.05) is 0 Å². The predicted molar refractivity (Wildman–Crippen MR) is 76.1 cm³/mol. The fraction of sp³-hybridized carbons (Fsp3) is 0.583. The molecule has 7 heteroatoms. The zero-order valence-electron chi connectivity index (χ0n) is 10.6. The zero-order valence-corrected chi connectivity index (χ0v) is 12.2. The maximum atomic E-state index is 11.9. The number of halogens is 1. The summed E-state index contributed by atoms with van der Waals surface area (Å²) in [5, 5.41) is 3.00. The maximum absolute atomic E-state index is 11.9. The van der Waals surface area contributed by atoms with E-state index in [-0.39, 0.29) is 11.5 Å². The van der Waals surface area contributed by atoms with Crippen LogP contribution in [0.2, 0.25) is 0 Å². The van der Waals surface area contributed by atoms with Gasteiger partial charge in [0, 0.05) is 26.1 Å². The van der Waals surface area contributed by atoms with Gasteiger partial charge in [-0.05, 0) is 35.2 Å². The molecule has 0 saturated carbocycles. The van der Waals surface area contributed by atoms with E-state index in [4.69, 9.17) is 0 Å². The van der Waals surface area contributed by atoms with Gasteiger partial charge in [0.1, 0.15) is 10.3 Å². The van der Waals surface area contributed by atoms with Crippen LogP contribution in [0, 0.1) is 0 Å². The van der Waals surface area contributed by atoms with E-state index in [2.05, 4.69) is 31.2 Å². The number of aromatic nitrogens is 2. The van der Waals surface area contributed by atoms with Crippen LogP contribution >= 0.6 is 15.9 Å². The summed E-state index contributed by atoms with van der Waals surface area (Å²) in [6, 6.07) is 0. The summed E-state index contributed by atoms with van der Waals surface area (Å²) in [6.07, 6.45) is 5.16. The molecule has 0 atom stereocenters. The average molecular weight is 329 g/mol. The van der Waals surface area contributed by atoms with Crippen LogP contribution < -0.4 is 10.9 Å². The molecule has 2 heterocycles. The smallest absolute Gasteiger partial charge is 0.267 e. The highest BCUT2D eigenvalue weighted by molar-refractivity contribution is 9.10. The highest BCUT2D eigenvalue weighted by atomic mass is 79.9. The van der Waals surface area contributed by atoms with Crippen LogP contribution in [0.15, 0.2) is 15.6 Å². The third kappa shape index (κ3) is 3.79. The fourth-order valence-corrected chi connectivity index (χ4v) is 2.45. The summed E-state index contributed by atoms with van der Waals surface area (Å²) < 4.78 is 0.362. The molecule has 2 rings (SSSR count). The van der Waals surface area contributed by atoms with Crippen LogP contribution in [0.1, 0.15) is 25.7 Å². The minimum Gasteiger partial charge on any atom is -0.368 e. The molecular weight excluding hydrogens is 312 g/mol. The molecular formula is C12H17BrN4O2. The standard InChI is InChI=1S/C12H17BrN4O2/c13-10-11(15-8-16-12(10)19)14-5-4-9(18)17-6-2-1-3-7-17/h8H,1-7H2,(H2,14,15,16,19). The van der Waals surface area contributed by atoms with Crippen molar-refractivity contribution in [2.75, 3.05) is 25.0 Å². The van der Waals surface area contributed by atoms with Gasteiger partial charge in [0.2, 0.25) is 5.91 Å². The van der Waals surface area contributed by atoms with Crippen molar-refractivity contribution in [1.29, 1.82) is 0 Å². The Hall–Kier alpha value is -1.37. The van der Waals surface area contributed by atoms with Gasteiger partial charge in [0.25, 0.3) is 5.56 Å². The topological polar surface area (TPSA) is 78.1 Å². The van der Waals surface area contributed by atoms with Crippen molar-refractivity contribution in [3.63, 3.8) is 0 Å². The van der Waals surface area contributed by atoms with Crippen molar-refractivity contribution in [3.05, 3.63) is 21.2 Å². The Bertz CT molecular complexity index is 497. The van der Waals surface area contributed by atoms with Crippen molar-refractivity contribution in [1.82, 2.24) is 14.9 Å². The van der Waals surface area contributed by atoms with Gasteiger partial charge in [-0.15, -0.1) is 0 Å². The van der Waals surface area contributed by atoms with Gasteiger partial charge in [-0.3, -0.25) is 9.59 Å². The summed E-state index contributed by atoms with van der Waals surface area (Å²) in [7, 11) is 0. The molecule has 1 fully saturated rings. The second kappa shape index (κ2) is 6.70. The molecule has 6 nitrogen and oxygen atoms in total. The summed E-state index contributed by atoms with van der Waals surface area (Å²) in [5.41, 5.74) is -0.236. The first-order valence-electron chi connectivity index (χ1n) is 6.43. The monoisotopic (exact) mass is 328 g/mol. The molecule has 0 radical (unpaired) electrons. The lowest BCUT2D eigenvalue weighted by Crippen LogP contribution is -2.36. The highest BCUT2D eigenvalue weighted by Crippen LogP contribution is 2.13. The number of carbonyl (C=O) groups is 1. The first kappa shape index (κ1) is 14.0. The van der Waals surface area contributed by atoms with Crippen LogP contribution in [-0.2, 0) is 4.79 Å². The second-order valence-electron chi connectivity index (χ2n) is 4.51. The molecule has 104 valence electrons. The van der Waals surface area contributed by atoms with Crippen LogP contribution in [0.25, 0.3) is 0 Å². The molecule has 2 N–H and O–H groups in total. The molecule has 0 bridgehead atoms. The number of likely N-dealkylation sites (tertiary alicyclic amines) is 1. The second-order valence-corrected chi connectivity index (χ2v) is 5.31. The molecule has 1 saturated heterocycles. The molecule has 19 heavy (non-hydrogen) atoms. The SMILES string of the molecule is O=C(CCNc1nc[nH]c(=O)c1Br)N1CCCCC1. The lowest BCUT2D eigenvalue weighted by atomic mass is 10.1. The third-order valence-corrected chi connectivity index (χ3v) is 3.87. The van der Waals surface area contributed by atoms with E-state index < -0.39 is 0 Å². The Balaban J connectivity index is 1.81. The quantitative estimate of drug-likeness (QED) is 0.874. The molecule has 1 aliphatic heterocycles. The van der Waals surface area contributed by atoms with Crippen molar-refractivity contribution in [2.24, 2.45) is 0 Å². The van der Waals surface area contributed by atoms with Crippen LogP contribution in [0.4, 0.5) is 5.82 Å². The minimum atomic E-state index is -0.236. The first-order valence-corrected chi connectivity index (χ1v) is 7.22. The number of hydrogen-bond acceptors (Lipinski definition) is 4. The maximum Gasteiger partial charge on any atom is 0.267 e. The zero-order chi connectivity index (χ0) is 13.7. The number of piperidine rings is 1. The van der Waals surface area contributed by atoms with E-state index in [1.165, 1.54) is 12.7 Å². The normalized spacial score (nSPS) is 15.3. The summed E-state index contributed by atoms with van der Waals surface area (Å²) in [4.78, 5) is 31.6. The van der Waals surface area contributed by atoms with Crippen LogP contribution in [0.3, 0.4) is 0 Å². The Kier molecular flexibility index (Phi) is 4.95. The largest absolute Gasteiger partial charge is 0.368 e. The average Bonchev–Trinajstić information content (AvgIpc) is 2.44. The summed E-state index contributed by atoms with van der Waals surface area (Å²) in [5.74, 6) is 0.628. The van der Waals surface area contributed by atoms with Crippen LogP contribution in [-0.4, -0.2) is 40.4 Å². The van der Waals surface area contributed by atoms with Gasteiger partial charge in [0.05, 0.1) is 6.33 Å². The molecule has 0 aromatic carbocycles. The highest BCUT2D eigenvalue weighted by Gasteiger charge is 2.16. The van der Waals surface area contributed by atoms with Crippen molar-refractivity contribution >= 4 is 27.7 Å². The first-order chi connectivity index (χ1) is 9.18. The van der Waals surface area contributed by atoms with Gasteiger partial charge >= 0.3 is 0 Å².